The number of rotatable bonds is 7. The molecule has 2 aliphatic rings. The van der Waals surface area contributed by atoms with Crippen LogP contribution in [0.1, 0.15) is 46.0 Å². The molecule has 0 heterocycles. The average molecular weight is 211 g/mol. The Labute approximate surface area is 93.5 Å². The molecular weight excluding hydrogens is 186 g/mol. The Kier molecular flexibility index (Phi) is 3.68. The van der Waals surface area contributed by atoms with Gasteiger partial charge in [-0.25, -0.2) is 0 Å². The Morgan fingerprint density at radius 1 is 1.13 bits per heavy atom. The highest BCUT2D eigenvalue weighted by Crippen LogP contribution is 2.44. The van der Waals surface area contributed by atoms with Crippen molar-refractivity contribution in [2.24, 2.45) is 17.8 Å². The third-order valence-corrected chi connectivity index (χ3v) is 3.66. The summed E-state index contributed by atoms with van der Waals surface area (Å²) in [6.07, 6.45) is 6.75. The van der Waals surface area contributed by atoms with E-state index in [0.29, 0.717) is 18.6 Å². The number of hydrogen-bond donors (Lipinski definition) is 2. The molecule has 2 saturated carbocycles. The predicted octanol–water partition coefficient (Wildman–Crippen LogP) is 2.17. The van der Waals surface area contributed by atoms with Gasteiger partial charge in [-0.3, -0.25) is 0 Å². The van der Waals surface area contributed by atoms with Crippen LogP contribution in [0, 0.1) is 17.8 Å². The van der Waals surface area contributed by atoms with E-state index in [1.807, 2.05) is 0 Å². The van der Waals surface area contributed by atoms with Gasteiger partial charge in [0.2, 0.25) is 0 Å². The minimum atomic E-state index is 0.300. The number of hydrogen-bond acceptors (Lipinski definition) is 2. The fraction of sp³-hybridized carbons (Fsp3) is 1.00. The predicted molar refractivity (Wildman–Crippen MR) is 62.7 cm³/mol. The monoisotopic (exact) mass is 211 g/mol. The van der Waals surface area contributed by atoms with Crippen LogP contribution in [0.5, 0.6) is 0 Å². The van der Waals surface area contributed by atoms with Crippen LogP contribution in [0.3, 0.4) is 0 Å². The molecule has 2 nitrogen and oxygen atoms in total. The Balaban J connectivity index is 1.80. The van der Waals surface area contributed by atoms with E-state index >= 15 is 0 Å². The molecule has 0 amide bonds. The van der Waals surface area contributed by atoms with Crippen LogP contribution in [-0.4, -0.2) is 23.8 Å². The molecule has 0 aromatic heterocycles. The minimum absolute atomic E-state index is 0.300. The molecule has 1 atom stereocenters. The lowest BCUT2D eigenvalue weighted by Crippen LogP contribution is -2.43. The SMILES string of the molecule is CC(C)CC(CO)NC(C1CC1)C1CC1. The second-order valence-electron chi connectivity index (χ2n) is 5.88. The van der Waals surface area contributed by atoms with Crippen LogP contribution in [0.25, 0.3) is 0 Å². The second kappa shape index (κ2) is 4.84. The molecule has 88 valence electrons. The first kappa shape index (κ1) is 11.4. The van der Waals surface area contributed by atoms with E-state index in [2.05, 4.69) is 19.2 Å². The fourth-order valence-corrected chi connectivity index (χ4v) is 2.60. The maximum Gasteiger partial charge on any atom is 0.0584 e. The molecule has 0 aliphatic heterocycles. The fourth-order valence-electron chi connectivity index (χ4n) is 2.60. The highest BCUT2D eigenvalue weighted by molar-refractivity contribution is 4.97. The quantitative estimate of drug-likeness (QED) is 0.676. The molecule has 0 bridgehead atoms. The summed E-state index contributed by atoms with van der Waals surface area (Å²) < 4.78 is 0. The molecule has 0 aromatic rings. The summed E-state index contributed by atoms with van der Waals surface area (Å²) in [6, 6.07) is 1.05. The lowest BCUT2D eigenvalue weighted by atomic mass is 10.0. The maximum absolute atomic E-state index is 9.37. The van der Waals surface area contributed by atoms with Crippen molar-refractivity contribution in [3.63, 3.8) is 0 Å². The number of aliphatic hydroxyl groups excluding tert-OH is 1. The Hall–Kier alpha value is -0.0800. The highest BCUT2D eigenvalue weighted by atomic mass is 16.3. The molecule has 15 heavy (non-hydrogen) atoms. The first-order valence-electron chi connectivity index (χ1n) is 6.57. The zero-order valence-electron chi connectivity index (χ0n) is 10.1. The molecular formula is C13H25NO. The zero-order valence-corrected chi connectivity index (χ0v) is 10.1. The van der Waals surface area contributed by atoms with Gasteiger partial charge in [0, 0.05) is 12.1 Å². The van der Waals surface area contributed by atoms with Crippen LogP contribution in [-0.2, 0) is 0 Å². The topological polar surface area (TPSA) is 32.3 Å². The van der Waals surface area contributed by atoms with Gasteiger partial charge in [0.25, 0.3) is 0 Å². The Morgan fingerprint density at radius 3 is 2.00 bits per heavy atom. The standard InChI is InChI=1S/C13H25NO/c1-9(2)7-12(8-15)14-13(10-3-4-10)11-5-6-11/h9-15H,3-8H2,1-2H3. The van der Waals surface area contributed by atoms with Crippen molar-refractivity contribution in [2.45, 2.75) is 58.0 Å². The maximum atomic E-state index is 9.37. The molecule has 2 aliphatic carbocycles. The van der Waals surface area contributed by atoms with E-state index in [1.165, 1.54) is 25.7 Å². The molecule has 2 N–H and O–H groups in total. The lowest BCUT2D eigenvalue weighted by molar-refractivity contribution is 0.202. The van der Waals surface area contributed by atoms with E-state index < -0.39 is 0 Å². The molecule has 0 radical (unpaired) electrons. The summed E-state index contributed by atoms with van der Waals surface area (Å²) in [5, 5.41) is 13.1. The van der Waals surface area contributed by atoms with Crippen molar-refractivity contribution in [1.82, 2.24) is 5.32 Å². The van der Waals surface area contributed by atoms with Gasteiger partial charge in [-0.05, 0) is 49.9 Å². The van der Waals surface area contributed by atoms with E-state index in [4.69, 9.17) is 0 Å². The molecule has 2 fully saturated rings. The van der Waals surface area contributed by atoms with Gasteiger partial charge in [0.05, 0.1) is 6.61 Å². The lowest BCUT2D eigenvalue weighted by Gasteiger charge is -2.25. The van der Waals surface area contributed by atoms with E-state index in [0.717, 1.165) is 24.3 Å². The van der Waals surface area contributed by atoms with Gasteiger partial charge in [0.1, 0.15) is 0 Å². The van der Waals surface area contributed by atoms with E-state index in [-0.39, 0.29) is 0 Å². The third kappa shape index (κ3) is 3.46. The summed E-state index contributed by atoms with van der Waals surface area (Å²) in [4.78, 5) is 0. The van der Waals surface area contributed by atoms with E-state index in [9.17, 15) is 5.11 Å². The smallest absolute Gasteiger partial charge is 0.0584 e. The first-order valence-corrected chi connectivity index (χ1v) is 6.57. The third-order valence-electron chi connectivity index (χ3n) is 3.66. The largest absolute Gasteiger partial charge is 0.395 e. The first-order chi connectivity index (χ1) is 7.20. The summed E-state index contributed by atoms with van der Waals surface area (Å²) >= 11 is 0. The van der Waals surface area contributed by atoms with Crippen molar-refractivity contribution in [1.29, 1.82) is 0 Å². The van der Waals surface area contributed by atoms with Crippen molar-refractivity contribution in [3.05, 3.63) is 0 Å². The van der Waals surface area contributed by atoms with Gasteiger partial charge in [-0.2, -0.15) is 0 Å². The summed E-state index contributed by atoms with van der Waals surface area (Å²) in [5.74, 6) is 2.53. The molecule has 0 saturated heterocycles. The number of aliphatic hydroxyl groups is 1. The van der Waals surface area contributed by atoms with Crippen LogP contribution in [0.15, 0.2) is 0 Å². The Morgan fingerprint density at radius 2 is 1.67 bits per heavy atom. The second-order valence-corrected chi connectivity index (χ2v) is 5.88. The zero-order chi connectivity index (χ0) is 10.8. The van der Waals surface area contributed by atoms with Gasteiger partial charge in [-0.15, -0.1) is 0 Å². The van der Waals surface area contributed by atoms with Crippen LogP contribution in [0.4, 0.5) is 0 Å². The molecule has 2 heteroatoms. The number of nitrogens with one attached hydrogen (secondary N) is 1. The van der Waals surface area contributed by atoms with Crippen molar-refractivity contribution in [2.75, 3.05) is 6.61 Å². The van der Waals surface area contributed by atoms with Gasteiger partial charge in [0.15, 0.2) is 0 Å². The van der Waals surface area contributed by atoms with Crippen LogP contribution in [0.2, 0.25) is 0 Å². The molecule has 2 rings (SSSR count). The van der Waals surface area contributed by atoms with Gasteiger partial charge in [-0.1, -0.05) is 13.8 Å². The summed E-state index contributed by atoms with van der Waals surface area (Å²) in [7, 11) is 0. The van der Waals surface area contributed by atoms with Crippen molar-refractivity contribution in [3.8, 4) is 0 Å². The minimum Gasteiger partial charge on any atom is -0.395 e. The van der Waals surface area contributed by atoms with Gasteiger partial charge < -0.3 is 10.4 Å². The molecule has 0 aromatic carbocycles. The van der Waals surface area contributed by atoms with Gasteiger partial charge >= 0.3 is 0 Å². The Bertz CT molecular complexity index is 185. The average Bonchev–Trinajstić information content (AvgIpc) is 3.02. The summed E-state index contributed by atoms with van der Waals surface area (Å²) in [6.45, 7) is 4.76. The van der Waals surface area contributed by atoms with Crippen molar-refractivity contribution >= 4 is 0 Å². The highest BCUT2D eigenvalue weighted by Gasteiger charge is 2.41. The van der Waals surface area contributed by atoms with Crippen LogP contribution >= 0.6 is 0 Å². The normalized spacial score (nSPS) is 23.8. The summed E-state index contributed by atoms with van der Waals surface area (Å²) in [5.41, 5.74) is 0. The van der Waals surface area contributed by atoms with E-state index in [1.54, 1.807) is 0 Å². The molecule has 0 spiro atoms. The molecule has 1 unspecified atom stereocenters. The van der Waals surface area contributed by atoms with Crippen LogP contribution < -0.4 is 5.32 Å². The van der Waals surface area contributed by atoms with Crippen molar-refractivity contribution < 1.29 is 5.11 Å².